The number of furan rings is 1. The lowest BCUT2D eigenvalue weighted by Crippen LogP contribution is -2.50. The number of hydrogen-bond donors (Lipinski definition) is 2. The van der Waals surface area contributed by atoms with Gasteiger partial charge in [0.1, 0.15) is 11.9 Å². The minimum absolute atomic E-state index is 0.0125. The summed E-state index contributed by atoms with van der Waals surface area (Å²) >= 11 is 1.59. The average Bonchev–Trinajstić information content (AvgIpc) is 3.28. The molecule has 2 aromatic heterocycles. The van der Waals surface area contributed by atoms with Gasteiger partial charge in [0.15, 0.2) is 0 Å². The van der Waals surface area contributed by atoms with Crippen molar-refractivity contribution in [2.45, 2.75) is 12.6 Å². The Hall–Kier alpha value is -1.67. The molecule has 0 bridgehead atoms. The van der Waals surface area contributed by atoms with Crippen molar-refractivity contribution in [3.05, 3.63) is 46.5 Å². The molecule has 3 rings (SSSR count). The lowest BCUT2D eigenvalue weighted by Gasteiger charge is -2.35. The standard InChI is InChI=1S/C17H23N3O3S/c21-15(16-4-2-10-24-16)12-19-5-7-20(8-6-19)13-17(22)18-11-14-3-1-9-23-14/h1-4,9-10,15,21H,5-8,11-13H2,(H,18,22)/t15-/m1/s1. The van der Waals surface area contributed by atoms with Crippen LogP contribution in [0, 0.1) is 0 Å². The lowest BCUT2D eigenvalue weighted by molar-refractivity contribution is -0.123. The minimum Gasteiger partial charge on any atom is -0.467 e. The first-order chi connectivity index (χ1) is 11.7. The first-order valence-electron chi connectivity index (χ1n) is 8.16. The van der Waals surface area contributed by atoms with Gasteiger partial charge in [0.2, 0.25) is 5.91 Å². The van der Waals surface area contributed by atoms with Gasteiger partial charge in [-0.05, 0) is 23.6 Å². The highest BCUT2D eigenvalue weighted by atomic mass is 32.1. The third-order valence-corrected chi connectivity index (χ3v) is 5.15. The monoisotopic (exact) mass is 349 g/mol. The Labute approximate surface area is 145 Å². The molecule has 0 saturated carbocycles. The van der Waals surface area contributed by atoms with E-state index in [0.29, 0.717) is 19.6 Å². The fourth-order valence-corrected chi connectivity index (χ4v) is 3.51. The summed E-state index contributed by atoms with van der Waals surface area (Å²) in [5.74, 6) is 0.772. The van der Waals surface area contributed by atoms with E-state index >= 15 is 0 Å². The molecular formula is C17H23N3O3S. The predicted octanol–water partition coefficient (Wildman–Crippen LogP) is 1.31. The van der Waals surface area contributed by atoms with E-state index in [1.165, 1.54) is 0 Å². The Bertz CT molecular complexity index is 607. The van der Waals surface area contributed by atoms with Crippen LogP contribution >= 0.6 is 11.3 Å². The van der Waals surface area contributed by atoms with E-state index in [1.807, 2.05) is 29.6 Å². The van der Waals surface area contributed by atoms with Gasteiger partial charge in [-0.3, -0.25) is 14.6 Å². The van der Waals surface area contributed by atoms with Crippen LogP contribution in [0.3, 0.4) is 0 Å². The number of hydrogen-bond acceptors (Lipinski definition) is 6. The predicted molar refractivity (Wildman–Crippen MR) is 92.7 cm³/mol. The van der Waals surface area contributed by atoms with Crippen LogP contribution in [-0.2, 0) is 11.3 Å². The van der Waals surface area contributed by atoms with Crippen molar-refractivity contribution in [1.29, 1.82) is 0 Å². The second kappa shape index (κ2) is 8.43. The molecule has 2 aromatic rings. The average molecular weight is 349 g/mol. The summed E-state index contributed by atoms with van der Waals surface area (Å²) in [5, 5.41) is 15.1. The van der Waals surface area contributed by atoms with Crippen LogP contribution in [0.1, 0.15) is 16.7 Å². The van der Waals surface area contributed by atoms with Crippen LogP contribution in [0.4, 0.5) is 0 Å². The number of thiophene rings is 1. The largest absolute Gasteiger partial charge is 0.467 e. The molecule has 0 radical (unpaired) electrons. The van der Waals surface area contributed by atoms with Gasteiger partial charge in [0.25, 0.3) is 0 Å². The van der Waals surface area contributed by atoms with Crippen molar-refractivity contribution in [3.63, 3.8) is 0 Å². The Balaban J connectivity index is 1.35. The van der Waals surface area contributed by atoms with Gasteiger partial charge in [-0.25, -0.2) is 0 Å². The highest BCUT2D eigenvalue weighted by Crippen LogP contribution is 2.20. The molecule has 6 nitrogen and oxygen atoms in total. The number of aliphatic hydroxyl groups is 1. The van der Waals surface area contributed by atoms with E-state index in [1.54, 1.807) is 17.6 Å². The first-order valence-corrected chi connectivity index (χ1v) is 9.04. The highest BCUT2D eigenvalue weighted by molar-refractivity contribution is 7.10. The minimum atomic E-state index is -0.423. The normalized spacial score (nSPS) is 17.7. The zero-order chi connectivity index (χ0) is 16.8. The number of piperazine rings is 1. The molecule has 1 fully saturated rings. The van der Waals surface area contributed by atoms with Crippen LogP contribution in [0.5, 0.6) is 0 Å². The molecule has 130 valence electrons. The van der Waals surface area contributed by atoms with E-state index in [4.69, 9.17) is 4.42 Å². The Morgan fingerprint density at radius 3 is 2.71 bits per heavy atom. The fraction of sp³-hybridized carbons (Fsp3) is 0.471. The van der Waals surface area contributed by atoms with Crippen molar-refractivity contribution in [1.82, 2.24) is 15.1 Å². The van der Waals surface area contributed by atoms with Crippen LogP contribution in [0.2, 0.25) is 0 Å². The number of aliphatic hydroxyl groups excluding tert-OH is 1. The van der Waals surface area contributed by atoms with Gasteiger partial charge in [0.05, 0.1) is 19.4 Å². The number of amides is 1. The quantitative estimate of drug-likeness (QED) is 0.789. The summed E-state index contributed by atoms with van der Waals surface area (Å²) in [5.41, 5.74) is 0. The van der Waals surface area contributed by atoms with Crippen molar-refractivity contribution in [3.8, 4) is 0 Å². The molecule has 0 spiro atoms. The third kappa shape index (κ3) is 4.91. The molecule has 1 amide bonds. The number of nitrogens with zero attached hydrogens (tertiary/aromatic N) is 2. The summed E-state index contributed by atoms with van der Waals surface area (Å²) in [7, 11) is 0. The topological polar surface area (TPSA) is 69.0 Å². The molecule has 0 aromatic carbocycles. The van der Waals surface area contributed by atoms with E-state index < -0.39 is 6.10 Å². The van der Waals surface area contributed by atoms with Gasteiger partial charge in [-0.15, -0.1) is 11.3 Å². The number of rotatable bonds is 7. The van der Waals surface area contributed by atoms with Crippen molar-refractivity contribution >= 4 is 17.2 Å². The summed E-state index contributed by atoms with van der Waals surface area (Å²) in [4.78, 5) is 17.4. The molecule has 0 unspecified atom stereocenters. The highest BCUT2D eigenvalue weighted by Gasteiger charge is 2.21. The molecule has 2 N–H and O–H groups in total. The second-order valence-electron chi connectivity index (χ2n) is 5.96. The third-order valence-electron chi connectivity index (χ3n) is 4.17. The Morgan fingerprint density at radius 1 is 1.25 bits per heavy atom. The van der Waals surface area contributed by atoms with Crippen molar-refractivity contribution < 1.29 is 14.3 Å². The number of nitrogens with one attached hydrogen (secondary N) is 1. The summed E-state index contributed by atoms with van der Waals surface area (Å²) in [6.45, 7) is 4.90. The van der Waals surface area contributed by atoms with Crippen LogP contribution in [-0.4, -0.2) is 60.1 Å². The number of carbonyl (C=O) groups is 1. The molecule has 24 heavy (non-hydrogen) atoms. The second-order valence-corrected chi connectivity index (χ2v) is 6.94. The van der Waals surface area contributed by atoms with Crippen LogP contribution < -0.4 is 5.32 Å². The molecule has 1 aliphatic rings. The maximum absolute atomic E-state index is 12.0. The lowest BCUT2D eigenvalue weighted by atomic mass is 10.2. The van der Waals surface area contributed by atoms with Gasteiger partial charge in [-0.2, -0.15) is 0 Å². The molecule has 7 heteroatoms. The van der Waals surface area contributed by atoms with E-state index in [9.17, 15) is 9.90 Å². The SMILES string of the molecule is O=C(CN1CCN(C[C@@H](O)c2cccs2)CC1)NCc1ccco1. The zero-order valence-corrected chi connectivity index (χ0v) is 14.4. The van der Waals surface area contributed by atoms with E-state index in [0.717, 1.165) is 36.8 Å². The van der Waals surface area contributed by atoms with Gasteiger partial charge < -0.3 is 14.8 Å². The Morgan fingerprint density at radius 2 is 2.04 bits per heavy atom. The molecule has 1 atom stereocenters. The summed E-state index contributed by atoms with van der Waals surface area (Å²) in [6, 6.07) is 7.58. The Kier molecular flexibility index (Phi) is 6.03. The maximum atomic E-state index is 12.0. The summed E-state index contributed by atoms with van der Waals surface area (Å²) < 4.78 is 5.20. The van der Waals surface area contributed by atoms with E-state index in [-0.39, 0.29) is 5.91 Å². The van der Waals surface area contributed by atoms with E-state index in [2.05, 4.69) is 15.1 Å². The maximum Gasteiger partial charge on any atom is 0.234 e. The van der Waals surface area contributed by atoms with Crippen LogP contribution in [0.25, 0.3) is 0 Å². The smallest absolute Gasteiger partial charge is 0.234 e. The van der Waals surface area contributed by atoms with Crippen molar-refractivity contribution in [2.24, 2.45) is 0 Å². The van der Waals surface area contributed by atoms with Gasteiger partial charge >= 0.3 is 0 Å². The summed E-state index contributed by atoms with van der Waals surface area (Å²) in [6.07, 6.45) is 1.18. The molecule has 1 aliphatic heterocycles. The zero-order valence-electron chi connectivity index (χ0n) is 13.6. The molecule has 0 aliphatic carbocycles. The van der Waals surface area contributed by atoms with Crippen LogP contribution in [0.15, 0.2) is 40.3 Å². The molecule has 1 saturated heterocycles. The molecule has 3 heterocycles. The van der Waals surface area contributed by atoms with Gasteiger partial charge in [0, 0.05) is 37.6 Å². The number of β-amino-alcohol motifs (C(OH)–C–C–N with tert-alkyl or cyclic N) is 1. The van der Waals surface area contributed by atoms with Gasteiger partial charge in [-0.1, -0.05) is 6.07 Å². The first kappa shape index (κ1) is 17.2. The number of carbonyl (C=O) groups excluding carboxylic acids is 1. The molecular weight excluding hydrogens is 326 g/mol. The fourth-order valence-electron chi connectivity index (χ4n) is 2.80. The van der Waals surface area contributed by atoms with Crippen molar-refractivity contribution in [2.75, 3.05) is 39.3 Å².